The number of anilines is 1. The largest absolute Gasteiger partial charge is 0.384 e. The molecule has 1 N–H and O–H groups in total. The molecule has 0 spiro atoms. The van der Waals surface area contributed by atoms with Gasteiger partial charge in [0.25, 0.3) is 0 Å². The topological polar surface area (TPSA) is 35.8 Å². The summed E-state index contributed by atoms with van der Waals surface area (Å²) >= 11 is 0. The van der Waals surface area contributed by atoms with E-state index in [0.717, 1.165) is 19.4 Å². The number of nitrogens with one attached hydrogen (secondary N) is 1. The maximum Gasteiger partial charge on any atom is 0.124 e. The SMILES string of the molecule is N#Cc1cc(F)ccc1NCCCc1ccccc1. The van der Waals surface area contributed by atoms with Crippen molar-refractivity contribution in [1.29, 1.82) is 5.26 Å². The van der Waals surface area contributed by atoms with Gasteiger partial charge in [0.15, 0.2) is 0 Å². The Kier molecular flexibility index (Phi) is 4.52. The number of nitriles is 1. The van der Waals surface area contributed by atoms with Crippen LogP contribution in [0.15, 0.2) is 48.5 Å². The van der Waals surface area contributed by atoms with Crippen molar-refractivity contribution in [3.05, 3.63) is 65.5 Å². The molecule has 3 heteroatoms. The van der Waals surface area contributed by atoms with Gasteiger partial charge in [-0.3, -0.25) is 0 Å². The quantitative estimate of drug-likeness (QED) is 0.825. The summed E-state index contributed by atoms with van der Waals surface area (Å²) in [5, 5.41) is 12.1. The van der Waals surface area contributed by atoms with Crippen molar-refractivity contribution < 1.29 is 4.39 Å². The Morgan fingerprint density at radius 2 is 1.89 bits per heavy atom. The zero-order valence-corrected chi connectivity index (χ0v) is 10.6. The van der Waals surface area contributed by atoms with Crippen LogP contribution in [-0.2, 0) is 6.42 Å². The van der Waals surface area contributed by atoms with E-state index in [0.29, 0.717) is 11.3 Å². The van der Waals surface area contributed by atoms with Gasteiger partial charge in [-0.2, -0.15) is 5.26 Å². The Balaban J connectivity index is 1.85. The highest BCUT2D eigenvalue weighted by Gasteiger charge is 2.02. The zero-order valence-electron chi connectivity index (χ0n) is 10.6. The summed E-state index contributed by atoms with van der Waals surface area (Å²) in [6.45, 7) is 0.759. The summed E-state index contributed by atoms with van der Waals surface area (Å²) in [7, 11) is 0. The molecule has 0 aliphatic heterocycles. The summed E-state index contributed by atoms with van der Waals surface area (Å²) < 4.78 is 13.0. The molecule has 0 saturated heterocycles. The molecule has 2 aromatic carbocycles. The lowest BCUT2D eigenvalue weighted by Crippen LogP contribution is -2.04. The minimum absolute atomic E-state index is 0.347. The van der Waals surface area contributed by atoms with Gasteiger partial charge in [-0.1, -0.05) is 30.3 Å². The van der Waals surface area contributed by atoms with E-state index in [4.69, 9.17) is 5.26 Å². The van der Waals surface area contributed by atoms with E-state index in [2.05, 4.69) is 17.4 Å². The van der Waals surface area contributed by atoms with E-state index in [1.54, 1.807) is 6.07 Å². The van der Waals surface area contributed by atoms with Crippen LogP contribution in [0.4, 0.5) is 10.1 Å². The number of hydrogen-bond donors (Lipinski definition) is 1. The summed E-state index contributed by atoms with van der Waals surface area (Å²) in [5.74, 6) is -0.383. The predicted molar refractivity (Wildman–Crippen MR) is 74.4 cm³/mol. The van der Waals surface area contributed by atoms with Crippen molar-refractivity contribution in [2.75, 3.05) is 11.9 Å². The first-order valence-corrected chi connectivity index (χ1v) is 6.27. The minimum atomic E-state index is -0.383. The number of aryl methyl sites for hydroxylation is 1. The van der Waals surface area contributed by atoms with Crippen LogP contribution in [0, 0.1) is 17.1 Å². The highest BCUT2D eigenvalue weighted by Crippen LogP contribution is 2.16. The molecule has 0 saturated carbocycles. The summed E-state index contributed by atoms with van der Waals surface area (Å²) in [6, 6.07) is 16.5. The molecule has 2 rings (SSSR count). The van der Waals surface area contributed by atoms with Gasteiger partial charge < -0.3 is 5.32 Å². The second-order valence-corrected chi connectivity index (χ2v) is 4.32. The fraction of sp³-hybridized carbons (Fsp3) is 0.188. The third-order valence-electron chi connectivity index (χ3n) is 2.90. The van der Waals surface area contributed by atoms with Crippen LogP contribution in [0.3, 0.4) is 0 Å². The molecule has 0 aliphatic rings. The van der Waals surface area contributed by atoms with Crippen molar-refractivity contribution in [3.63, 3.8) is 0 Å². The Bertz CT molecular complexity index is 573. The molecule has 0 bridgehead atoms. The Hall–Kier alpha value is -2.34. The van der Waals surface area contributed by atoms with Crippen LogP contribution in [0.25, 0.3) is 0 Å². The maximum atomic E-state index is 13.0. The van der Waals surface area contributed by atoms with E-state index >= 15 is 0 Å². The van der Waals surface area contributed by atoms with Crippen molar-refractivity contribution in [2.45, 2.75) is 12.8 Å². The normalized spacial score (nSPS) is 9.89. The highest BCUT2D eigenvalue weighted by atomic mass is 19.1. The van der Waals surface area contributed by atoms with E-state index in [-0.39, 0.29) is 5.82 Å². The molecular weight excluding hydrogens is 239 g/mol. The molecule has 2 nitrogen and oxygen atoms in total. The molecule has 96 valence electrons. The fourth-order valence-electron chi connectivity index (χ4n) is 1.92. The van der Waals surface area contributed by atoms with Crippen LogP contribution in [0.1, 0.15) is 17.5 Å². The van der Waals surface area contributed by atoms with Gasteiger partial charge in [-0.05, 0) is 36.6 Å². The molecule has 0 aliphatic carbocycles. The van der Waals surface area contributed by atoms with Gasteiger partial charge in [-0.25, -0.2) is 4.39 Å². The molecule has 2 aromatic rings. The van der Waals surface area contributed by atoms with Gasteiger partial charge in [0, 0.05) is 6.54 Å². The van der Waals surface area contributed by atoms with Crippen molar-refractivity contribution in [1.82, 2.24) is 0 Å². The molecule has 0 amide bonds. The Morgan fingerprint density at radius 3 is 2.63 bits per heavy atom. The lowest BCUT2D eigenvalue weighted by atomic mass is 10.1. The Labute approximate surface area is 112 Å². The fourth-order valence-corrected chi connectivity index (χ4v) is 1.92. The standard InChI is InChI=1S/C16H15FN2/c17-15-8-9-16(14(11-15)12-18)19-10-4-7-13-5-2-1-3-6-13/h1-3,5-6,8-9,11,19H,4,7,10H2. The molecule has 0 radical (unpaired) electrons. The smallest absolute Gasteiger partial charge is 0.124 e. The van der Waals surface area contributed by atoms with Crippen molar-refractivity contribution in [3.8, 4) is 6.07 Å². The summed E-state index contributed by atoms with van der Waals surface area (Å²) in [5.41, 5.74) is 2.33. The van der Waals surface area contributed by atoms with Crippen LogP contribution < -0.4 is 5.32 Å². The molecule has 19 heavy (non-hydrogen) atoms. The number of nitrogens with zero attached hydrogens (tertiary/aromatic N) is 1. The van der Waals surface area contributed by atoms with Gasteiger partial charge in [0.05, 0.1) is 11.3 Å². The second-order valence-electron chi connectivity index (χ2n) is 4.32. The summed E-state index contributed by atoms with van der Waals surface area (Å²) in [4.78, 5) is 0. The zero-order chi connectivity index (χ0) is 13.5. The predicted octanol–water partition coefficient (Wildman–Crippen LogP) is 3.74. The minimum Gasteiger partial charge on any atom is -0.384 e. The lowest BCUT2D eigenvalue weighted by molar-refractivity contribution is 0.627. The molecular formula is C16H15FN2. The molecule has 0 aromatic heterocycles. The van der Waals surface area contributed by atoms with E-state index in [1.165, 1.54) is 17.7 Å². The Morgan fingerprint density at radius 1 is 1.11 bits per heavy atom. The van der Waals surface area contributed by atoms with Gasteiger partial charge >= 0.3 is 0 Å². The third-order valence-corrected chi connectivity index (χ3v) is 2.90. The third kappa shape index (κ3) is 3.82. The van der Waals surface area contributed by atoms with E-state index < -0.39 is 0 Å². The first-order valence-electron chi connectivity index (χ1n) is 6.27. The lowest BCUT2D eigenvalue weighted by Gasteiger charge is -2.08. The molecule has 0 heterocycles. The van der Waals surface area contributed by atoms with Crippen molar-refractivity contribution >= 4 is 5.69 Å². The van der Waals surface area contributed by atoms with Crippen molar-refractivity contribution in [2.24, 2.45) is 0 Å². The first kappa shape index (κ1) is 13.1. The molecule has 0 fully saturated rings. The van der Waals surface area contributed by atoms with Crippen LogP contribution in [-0.4, -0.2) is 6.54 Å². The van der Waals surface area contributed by atoms with Crippen LogP contribution >= 0.6 is 0 Å². The van der Waals surface area contributed by atoms with Gasteiger partial charge in [0.2, 0.25) is 0 Å². The van der Waals surface area contributed by atoms with Gasteiger partial charge in [0.1, 0.15) is 11.9 Å². The monoisotopic (exact) mass is 254 g/mol. The number of rotatable bonds is 5. The average molecular weight is 254 g/mol. The first-order chi connectivity index (χ1) is 9.29. The average Bonchev–Trinajstić information content (AvgIpc) is 2.46. The number of halogens is 1. The molecule has 0 unspecified atom stereocenters. The van der Waals surface area contributed by atoms with E-state index in [1.807, 2.05) is 24.3 Å². The maximum absolute atomic E-state index is 13.0. The highest BCUT2D eigenvalue weighted by molar-refractivity contribution is 5.57. The van der Waals surface area contributed by atoms with E-state index in [9.17, 15) is 4.39 Å². The van der Waals surface area contributed by atoms with Crippen LogP contribution in [0.5, 0.6) is 0 Å². The number of benzene rings is 2. The molecule has 0 atom stereocenters. The summed E-state index contributed by atoms with van der Waals surface area (Å²) in [6.07, 6.45) is 1.95. The van der Waals surface area contributed by atoms with Gasteiger partial charge in [-0.15, -0.1) is 0 Å². The second kappa shape index (κ2) is 6.55. The number of hydrogen-bond acceptors (Lipinski definition) is 2. The van der Waals surface area contributed by atoms with Crippen LogP contribution in [0.2, 0.25) is 0 Å².